The number of aryl methyl sites for hydroxylation is 1. The Labute approximate surface area is 148 Å². The van der Waals surface area contributed by atoms with Crippen molar-refractivity contribution in [2.45, 2.75) is 25.4 Å². The summed E-state index contributed by atoms with van der Waals surface area (Å²) in [7, 11) is 0. The minimum atomic E-state index is -1.75. The molecule has 1 amide bonds. The molecule has 1 aromatic heterocycles. The number of aliphatic carboxylic acids is 1. The molecule has 0 bridgehead atoms. The lowest BCUT2D eigenvalue weighted by atomic mass is 9.91. The van der Waals surface area contributed by atoms with Crippen molar-refractivity contribution >= 4 is 23.2 Å². The molecule has 2 aromatic rings. The van der Waals surface area contributed by atoms with Crippen LogP contribution in [0.25, 0.3) is 10.4 Å². The molecule has 1 aliphatic heterocycles. The predicted molar refractivity (Wildman–Crippen MR) is 92.2 cm³/mol. The highest BCUT2D eigenvalue weighted by Crippen LogP contribution is 2.34. The molecule has 1 fully saturated rings. The molecule has 1 saturated heterocycles. The molecule has 0 atom stereocenters. The molecule has 5 nitrogen and oxygen atoms in total. The Morgan fingerprint density at radius 2 is 1.80 bits per heavy atom. The fraction of sp³-hybridized carbons (Fsp3) is 0.333. The van der Waals surface area contributed by atoms with E-state index in [0.29, 0.717) is 4.88 Å². The van der Waals surface area contributed by atoms with Gasteiger partial charge in [0.15, 0.2) is 5.60 Å². The van der Waals surface area contributed by atoms with Crippen LogP contribution in [-0.4, -0.2) is 45.7 Å². The lowest BCUT2D eigenvalue weighted by Crippen LogP contribution is -2.50. The minimum absolute atomic E-state index is 0.0171. The Morgan fingerprint density at radius 3 is 2.36 bits per heavy atom. The number of hydrogen-bond donors (Lipinski definition) is 2. The number of carbonyl (C=O) groups is 2. The monoisotopic (exact) mass is 363 g/mol. The van der Waals surface area contributed by atoms with Crippen LogP contribution in [0.4, 0.5) is 4.39 Å². The minimum Gasteiger partial charge on any atom is -0.479 e. The van der Waals surface area contributed by atoms with Gasteiger partial charge in [-0.3, -0.25) is 4.79 Å². The van der Waals surface area contributed by atoms with Crippen LogP contribution < -0.4 is 0 Å². The number of halogens is 1. The number of amides is 1. The number of carbonyl (C=O) groups excluding carboxylic acids is 1. The van der Waals surface area contributed by atoms with E-state index >= 15 is 0 Å². The molecule has 1 aromatic carbocycles. The number of carboxylic acids is 1. The van der Waals surface area contributed by atoms with E-state index in [4.69, 9.17) is 5.11 Å². The van der Waals surface area contributed by atoms with Gasteiger partial charge < -0.3 is 15.1 Å². The van der Waals surface area contributed by atoms with Crippen LogP contribution in [0.15, 0.2) is 30.3 Å². The van der Waals surface area contributed by atoms with E-state index in [9.17, 15) is 19.1 Å². The van der Waals surface area contributed by atoms with Gasteiger partial charge in [0.1, 0.15) is 5.82 Å². The SMILES string of the molecule is Cc1cc(C(=O)N2CCC(O)(C(=O)O)CC2)sc1-c1ccc(F)cc1. The molecule has 7 heteroatoms. The van der Waals surface area contributed by atoms with Crippen molar-refractivity contribution in [3.05, 3.63) is 46.6 Å². The smallest absolute Gasteiger partial charge is 0.335 e. The molecule has 132 valence electrons. The molecule has 25 heavy (non-hydrogen) atoms. The van der Waals surface area contributed by atoms with Gasteiger partial charge in [-0.2, -0.15) is 0 Å². The van der Waals surface area contributed by atoms with E-state index in [1.165, 1.54) is 23.5 Å². The van der Waals surface area contributed by atoms with Crippen LogP contribution in [-0.2, 0) is 4.79 Å². The zero-order valence-corrected chi connectivity index (χ0v) is 14.5. The number of piperidine rings is 1. The van der Waals surface area contributed by atoms with Gasteiger partial charge in [-0.15, -0.1) is 11.3 Å². The third-order valence-corrected chi connectivity index (χ3v) is 5.79. The first kappa shape index (κ1) is 17.6. The summed E-state index contributed by atoms with van der Waals surface area (Å²) in [6.45, 7) is 2.29. The van der Waals surface area contributed by atoms with Gasteiger partial charge in [-0.1, -0.05) is 12.1 Å². The summed E-state index contributed by atoms with van der Waals surface area (Å²) < 4.78 is 13.1. The maximum atomic E-state index is 13.1. The van der Waals surface area contributed by atoms with Crippen LogP contribution >= 0.6 is 11.3 Å². The molecule has 0 spiro atoms. The zero-order chi connectivity index (χ0) is 18.2. The Kier molecular flexibility index (Phi) is 4.62. The fourth-order valence-corrected chi connectivity index (χ4v) is 4.07. The van der Waals surface area contributed by atoms with Crippen molar-refractivity contribution in [3.8, 4) is 10.4 Å². The van der Waals surface area contributed by atoms with Gasteiger partial charge in [0.2, 0.25) is 0 Å². The second-order valence-electron chi connectivity index (χ2n) is 6.26. The Morgan fingerprint density at radius 1 is 1.20 bits per heavy atom. The molecular formula is C18H18FNO4S. The number of rotatable bonds is 3. The summed E-state index contributed by atoms with van der Waals surface area (Å²) >= 11 is 1.33. The number of hydrogen-bond acceptors (Lipinski definition) is 4. The van der Waals surface area contributed by atoms with Crippen molar-refractivity contribution in [2.75, 3.05) is 13.1 Å². The van der Waals surface area contributed by atoms with Crippen molar-refractivity contribution in [1.82, 2.24) is 4.90 Å². The van der Waals surface area contributed by atoms with Crippen molar-refractivity contribution in [2.24, 2.45) is 0 Å². The Balaban J connectivity index is 1.77. The summed E-state index contributed by atoms with van der Waals surface area (Å²) in [5.74, 6) is -1.73. The fourth-order valence-electron chi connectivity index (χ4n) is 2.92. The van der Waals surface area contributed by atoms with E-state index < -0.39 is 11.6 Å². The van der Waals surface area contributed by atoms with Gasteiger partial charge in [-0.05, 0) is 36.2 Å². The average molecular weight is 363 g/mol. The third-order valence-electron chi connectivity index (χ3n) is 4.51. The highest BCUT2D eigenvalue weighted by atomic mass is 32.1. The number of thiophene rings is 1. The van der Waals surface area contributed by atoms with Gasteiger partial charge in [-0.25, -0.2) is 9.18 Å². The van der Waals surface area contributed by atoms with Gasteiger partial charge in [0.05, 0.1) is 4.88 Å². The molecular weight excluding hydrogens is 345 g/mol. The van der Waals surface area contributed by atoms with Crippen LogP contribution in [0.5, 0.6) is 0 Å². The molecule has 0 aliphatic carbocycles. The molecule has 0 saturated carbocycles. The number of carboxylic acid groups (broad SMARTS) is 1. The van der Waals surface area contributed by atoms with Gasteiger partial charge in [0.25, 0.3) is 5.91 Å². The van der Waals surface area contributed by atoms with Gasteiger partial charge >= 0.3 is 5.97 Å². The topological polar surface area (TPSA) is 77.8 Å². The standard InChI is InChI=1S/C18H18FNO4S/c1-11-10-14(25-15(11)12-2-4-13(19)5-3-12)16(21)20-8-6-18(24,7-9-20)17(22)23/h2-5,10,24H,6-9H2,1H3,(H,22,23). The summed E-state index contributed by atoms with van der Waals surface area (Å²) in [5.41, 5.74) is 0.0300. The normalized spacial score (nSPS) is 16.7. The second-order valence-corrected chi connectivity index (χ2v) is 7.31. The molecule has 0 unspecified atom stereocenters. The molecule has 0 radical (unpaired) electrons. The van der Waals surface area contributed by atoms with Crippen LogP contribution in [0.3, 0.4) is 0 Å². The first-order valence-electron chi connectivity index (χ1n) is 7.91. The average Bonchev–Trinajstić information content (AvgIpc) is 2.97. The van der Waals surface area contributed by atoms with E-state index in [1.807, 2.05) is 6.92 Å². The first-order chi connectivity index (χ1) is 11.8. The Bertz CT molecular complexity index is 807. The third kappa shape index (κ3) is 3.43. The quantitative estimate of drug-likeness (QED) is 0.879. The van der Waals surface area contributed by atoms with Crippen LogP contribution in [0.2, 0.25) is 0 Å². The summed E-state index contributed by atoms with van der Waals surface area (Å²) in [6, 6.07) is 7.91. The maximum absolute atomic E-state index is 13.1. The molecule has 3 rings (SSSR count). The number of nitrogens with zero attached hydrogens (tertiary/aromatic N) is 1. The summed E-state index contributed by atoms with van der Waals surface area (Å²) in [4.78, 5) is 26.8. The number of aliphatic hydroxyl groups is 1. The van der Waals surface area contributed by atoms with Crippen molar-refractivity contribution in [3.63, 3.8) is 0 Å². The first-order valence-corrected chi connectivity index (χ1v) is 8.73. The summed E-state index contributed by atoms with van der Waals surface area (Å²) in [6.07, 6.45) is 0.0342. The second kappa shape index (κ2) is 6.57. The largest absolute Gasteiger partial charge is 0.479 e. The Hall–Kier alpha value is -2.25. The predicted octanol–water partition coefficient (Wildman–Crippen LogP) is 2.91. The van der Waals surface area contributed by atoms with Crippen LogP contribution in [0, 0.1) is 12.7 Å². The van der Waals surface area contributed by atoms with E-state index in [1.54, 1.807) is 23.1 Å². The lowest BCUT2D eigenvalue weighted by Gasteiger charge is -2.35. The van der Waals surface area contributed by atoms with E-state index in [-0.39, 0.29) is 37.7 Å². The zero-order valence-electron chi connectivity index (χ0n) is 13.7. The summed E-state index contributed by atoms with van der Waals surface area (Å²) in [5, 5.41) is 19.0. The number of likely N-dealkylation sites (tertiary alicyclic amines) is 1. The van der Waals surface area contributed by atoms with Crippen molar-refractivity contribution < 1.29 is 24.2 Å². The lowest BCUT2D eigenvalue weighted by molar-refractivity contribution is -0.162. The van der Waals surface area contributed by atoms with Crippen molar-refractivity contribution in [1.29, 1.82) is 0 Å². The van der Waals surface area contributed by atoms with E-state index in [2.05, 4.69) is 0 Å². The highest BCUT2D eigenvalue weighted by Gasteiger charge is 2.40. The molecule has 2 heterocycles. The maximum Gasteiger partial charge on any atom is 0.335 e. The van der Waals surface area contributed by atoms with E-state index in [0.717, 1.165) is 16.0 Å². The molecule has 2 N–H and O–H groups in total. The van der Waals surface area contributed by atoms with Gasteiger partial charge in [0, 0.05) is 30.8 Å². The highest BCUT2D eigenvalue weighted by molar-refractivity contribution is 7.17. The molecule has 1 aliphatic rings. The number of benzene rings is 1. The van der Waals surface area contributed by atoms with Crippen LogP contribution in [0.1, 0.15) is 28.1 Å².